The third kappa shape index (κ3) is 3.40. The van der Waals surface area contributed by atoms with Crippen LogP contribution < -0.4 is 5.30 Å². The summed E-state index contributed by atoms with van der Waals surface area (Å²) >= 11 is 0. The fraction of sp³-hybridized carbons (Fsp3) is 0.278. The van der Waals surface area contributed by atoms with Gasteiger partial charge in [0.1, 0.15) is 6.29 Å². The maximum atomic E-state index is 11.8. The Labute approximate surface area is 128 Å². The van der Waals surface area contributed by atoms with Gasteiger partial charge >= 0.3 is 0 Å². The largest absolute Gasteiger partial charge is 0.357 e. The van der Waals surface area contributed by atoms with Crippen molar-refractivity contribution in [2.75, 3.05) is 7.11 Å². The van der Waals surface area contributed by atoms with Crippen LogP contribution in [0.15, 0.2) is 42.5 Å². The zero-order valence-corrected chi connectivity index (χ0v) is 13.9. The number of rotatable bonds is 5. The molecule has 2 aromatic rings. The highest BCUT2D eigenvalue weighted by molar-refractivity contribution is 7.62. The van der Waals surface area contributed by atoms with Crippen LogP contribution in [0.2, 0.25) is 0 Å². The van der Waals surface area contributed by atoms with E-state index in [1.54, 1.807) is 7.11 Å². The van der Waals surface area contributed by atoms with E-state index in [2.05, 4.69) is 32.9 Å². The molecule has 0 aliphatic heterocycles. The van der Waals surface area contributed by atoms with E-state index < -0.39 is 8.15 Å². The highest BCUT2D eigenvalue weighted by atomic mass is 31.1. The molecule has 0 fully saturated rings. The van der Waals surface area contributed by atoms with Crippen LogP contribution in [0.25, 0.3) is 0 Å². The third-order valence-corrected chi connectivity index (χ3v) is 5.71. The maximum Gasteiger partial charge on any atom is 0.134 e. The molecule has 0 aliphatic carbocycles. The van der Waals surface area contributed by atoms with Crippen molar-refractivity contribution in [2.45, 2.75) is 26.4 Å². The van der Waals surface area contributed by atoms with Gasteiger partial charge in [-0.2, -0.15) is 0 Å². The first kappa shape index (κ1) is 15.9. The molecule has 0 aromatic heterocycles. The standard InChI is InChI=1S/C18H21O2P/c1-13-10-14(2)18(15(3)11-13)17(12-19)21(20-4)16-8-6-5-7-9-16/h5-12,17H,1-4H3. The number of hydrogen-bond acceptors (Lipinski definition) is 2. The predicted molar refractivity (Wildman–Crippen MR) is 89.5 cm³/mol. The quantitative estimate of drug-likeness (QED) is 0.610. The Morgan fingerprint density at radius 1 is 1.05 bits per heavy atom. The maximum absolute atomic E-state index is 11.8. The minimum atomic E-state index is -1.00. The van der Waals surface area contributed by atoms with Crippen molar-refractivity contribution in [1.29, 1.82) is 0 Å². The Morgan fingerprint density at radius 2 is 1.62 bits per heavy atom. The number of benzene rings is 2. The number of carbonyl (C=O) groups is 1. The average molecular weight is 300 g/mol. The van der Waals surface area contributed by atoms with E-state index in [1.165, 1.54) is 5.56 Å². The molecule has 2 atom stereocenters. The smallest absolute Gasteiger partial charge is 0.134 e. The van der Waals surface area contributed by atoms with E-state index in [0.29, 0.717) is 0 Å². The van der Waals surface area contributed by atoms with Gasteiger partial charge in [0, 0.05) is 12.4 Å². The van der Waals surface area contributed by atoms with Gasteiger partial charge < -0.3 is 9.32 Å². The van der Waals surface area contributed by atoms with Gasteiger partial charge in [-0.25, -0.2) is 0 Å². The van der Waals surface area contributed by atoms with E-state index in [4.69, 9.17) is 4.52 Å². The second-order valence-corrected chi connectivity index (χ2v) is 7.33. The van der Waals surface area contributed by atoms with Crippen LogP contribution in [0, 0.1) is 20.8 Å². The van der Waals surface area contributed by atoms with Crippen LogP contribution in [0.4, 0.5) is 0 Å². The monoisotopic (exact) mass is 300 g/mol. The number of aryl methyl sites for hydroxylation is 3. The van der Waals surface area contributed by atoms with Crippen LogP contribution >= 0.6 is 8.15 Å². The lowest BCUT2D eigenvalue weighted by Gasteiger charge is -2.25. The minimum absolute atomic E-state index is 0.229. The average Bonchev–Trinajstić information content (AvgIpc) is 2.46. The molecule has 0 N–H and O–H groups in total. The summed E-state index contributed by atoms with van der Waals surface area (Å²) in [6.45, 7) is 6.22. The van der Waals surface area contributed by atoms with Gasteiger partial charge in [-0.05, 0) is 37.5 Å². The molecule has 0 aliphatic rings. The lowest BCUT2D eigenvalue weighted by molar-refractivity contribution is -0.107. The SMILES string of the molecule is COP(c1ccccc1)C(C=O)c1c(C)cc(C)cc1C. The summed E-state index contributed by atoms with van der Waals surface area (Å²) in [4.78, 5) is 11.8. The van der Waals surface area contributed by atoms with Gasteiger partial charge in [-0.15, -0.1) is 0 Å². The summed E-state index contributed by atoms with van der Waals surface area (Å²) in [6.07, 6.45) is 1.03. The zero-order valence-electron chi connectivity index (χ0n) is 13.0. The molecular weight excluding hydrogens is 279 g/mol. The Balaban J connectivity index is 2.51. The predicted octanol–water partition coefficient (Wildman–Crippen LogP) is 4.22. The van der Waals surface area contributed by atoms with Gasteiger partial charge in [-0.1, -0.05) is 48.0 Å². The van der Waals surface area contributed by atoms with Gasteiger partial charge in [-0.3, -0.25) is 0 Å². The number of carbonyl (C=O) groups excluding carboxylic acids is 1. The molecule has 0 bridgehead atoms. The lowest BCUT2D eigenvalue weighted by atomic mass is 9.97. The molecule has 0 heterocycles. The summed E-state index contributed by atoms with van der Waals surface area (Å²) in [5, 5.41) is 1.09. The molecule has 0 spiro atoms. The first-order valence-electron chi connectivity index (χ1n) is 7.00. The number of hydrogen-bond donors (Lipinski definition) is 0. The molecule has 2 rings (SSSR count). The highest BCUT2D eigenvalue weighted by Gasteiger charge is 2.27. The van der Waals surface area contributed by atoms with Crippen LogP contribution in [-0.2, 0) is 9.32 Å². The molecular formula is C18H21O2P. The first-order valence-corrected chi connectivity index (χ1v) is 8.32. The summed E-state index contributed by atoms with van der Waals surface area (Å²) in [6, 6.07) is 14.3. The van der Waals surface area contributed by atoms with Gasteiger partial charge in [0.05, 0.1) is 13.8 Å². The van der Waals surface area contributed by atoms with Crippen molar-refractivity contribution in [2.24, 2.45) is 0 Å². The van der Waals surface area contributed by atoms with Crippen molar-refractivity contribution in [3.05, 3.63) is 64.7 Å². The molecule has 0 amide bonds. The highest BCUT2D eigenvalue weighted by Crippen LogP contribution is 2.50. The van der Waals surface area contributed by atoms with Crippen molar-refractivity contribution >= 4 is 19.7 Å². The molecule has 2 aromatic carbocycles. The summed E-state index contributed by atoms with van der Waals surface area (Å²) < 4.78 is 5.72. The molecule has 0 saturated heterocycles. The second kappa shape index (κ2) is 6.98. The molecule has 0 saturated carbocycles. The van der Waals surface area contributed by atoms with Crippen LogP contribution in [0.1, 0.15) is 27.9 Å². The molecule has 3 heteroatoms. The molecule has 2 nitrogen and oxygen atoms in total. The second-order valence-electron chi connectivity index (χ2n) is 5.24. The fourth-order valence-electron chi connectivity index (χ4n) is 2.85. The zero-order chi connectivity index (χ0) is 15.4. The van der Waals surface area contributed by atoms with Gasteiger partial charge in [0.2, 0.25) is 0 Å². The van der Waals surface area contributed by atoms with E-state index >= 15 is 0 Å². The fourth-order valence-corrected chi connectivity index (χ4v) is 4.83. The topological polar surface area (TPSA) is 26.3 Å². The molecule has 21 heavy (non-hydrogen) atoms. The van der Waals surface area contributed by atoms with Crippen LogP contribution in [0.3, 0.4) is 0 Å². The molecule has 2 unspecified atom stereocenters. The molecule has 0 radical (unpaired) electrons. The van der Waals surface area contributed by atoms with Crippen LogP contribution in [0.5, 0.6) is 0 Å². The normalized spacial score (nSPS) is 13.7. The Morgan fingerprint density at radius 3 is 2.10 bits per heavy atom. The molecule has 110 valence electrons. The first-order chi connectivity index (χ1) is 10.1. The Hall–Kier alpha value is -1.50. The van der Waals surface area contributed by atoms with Crippen LogP contribution in [-0.4, -0.2) is 13.4 Å². The van der Waals surface area contributed by atoms with E-state index in [1.807, 2.05) is 30.3 Å². The third-order valence-electron chi connectivity index (χ3n) is 3.62. The van der Waals surface area contributed by atoms with E-state index in [9.17, 15) is 4.79 Å². The summed E-state index contributed by atoms with van der Waals surface area (Å²) in [7, 11) is 0.685. The van der Waals surface area contributed by atoms with Gasteiger partial charge in [0.25, 0.3) is 0 Å². The van der Waals surface area contributed by atoms with E-state index in [-0.39, 0.29) is 5.66 Å². The van der Waals surface area contributed by atoms with Crippen molar-refractivity contribution in [3.63, 3.8) is 0 Å². The summed E-state index contributed by atoms with van der Waals surface area (Å²) in [5.74, 6) is 0. The van der Waals surface area contributed by atoms with Crippen molar-refractivity contribution in [1.82, 2.24) is 0 Å². The summed E-state index contributed by atoms with van der Waals surface area (Å²) in [5.41, 5.74) is 4.41. The van der Waals surface area contributed by atoms with E-state index in [0.717, 1.165) is 28.3 Å². The Bertz CT molecular complexity index is 599. The van der Waals surface area contributed by atoms with Crippen molar-refractivity contribution < 1.29 is 9.32 Å². The lowest BCUT2D eigenvalue weighted by Crippen LogP contribution is -2.12. The Kier molecular flexibility index (Phi) is 5.27. The minimum Gasteiger partial charge on any atom is -0.357 e. The number of aldehydes is 1. The van der Waals surface area contributed by atoms with Gasteiger partial charge in [0.15, 0.2) is 0 Å². The van der Waals surface area contributed by atoms with Crippen molar-refractivity contribution in [3.8, 4) is 0 Å².